The minimum absolute atomic E-state index is 0.115. The molecule has 1 heterocycles. The normalized spacial score (nSPS) is 29.3. The van der Waals surface area contributed by atoms with Crippen LogP contribution in [0.5, 0.6) is 5.75 Å². The number of para-hydroxylation sites is 1. The van der Waals surface area contributed by atoms with Gasteiger partial charge in [0, 0.05) is 12.5 Å². The number of carbonyl (C=O) groups excluding carboxylic acids is 2. The van der Waals surface area contributed by atoms with Gasteiger partial charge in [0.05, 0.1) is 12.6 Å². The van der Waals surface area contributed by atoms with E-state index in [0.29, 0.717) is 11.7 Å². The smallest absolute Gasteiger partial charge is 0.410 e. The average molecular weight is 346 g/mol. The van der Waals surface area contributed by atoms with Crippen molar-refractivity contribution in [2.75, 3.05) is 6.54 Å². The molecule has 0 bridgehead atoms. The molecule has 6 heteroatoms. The summed E-state index contributed by atoms with van der Waals surface area (Å²) in [6.45, 7) is 2.26. The number of aliphatic hydroxyl groups is 1. The van der Waals surface area contributed by atoms with Crippen LogP contribution in [0, 0.1) is 5.92 Å². The molecule has 25 heavy (non-hydrogen) atoms. The third-order valence-corrected chi connectivity index (χ3v) is 5.20. The topological polar surface area (TPSA) is 78.9 Å². The monoisotopic (exact) mass is 346 g/mol. The number of likely N-dealkylation sites (tertiary alicyclic amines) is 1. The lowest BCUT2D eigenvalue weighted by Gasteiger charge is -2.31. The summed E-state index contributed by atoms with van der Waals surface area (Å²) in [5.41, 5.74) is 0. The maximum absolute atomic E-state index is 12.7. The van der Waals surface area contributed by atoms with Gasteiger partial charge in [0.1, 0.15) is 11.8 Å². The van der Waals surface area contributed by atoms with Gasteiger partial charge >= 0.3 is 6.09 Å². The first-order chi connectivity index (χ1) is 12.0. The molecule has 2 amide bonds. The Morgan fingerprint density at radius 1 is 1.20 bits per heavy atom. The molecule has 3 rings (SSSR count). The second-order valence-electron chi connectivity index (χ2n) is 7.12. The Labute approximate surface area is 148 Å². The van der Waals surface area contributed by atoms with E-state index >= 15 is 0 Å². The largest absolute Gasteiger partial charge is 0.416 e. The van der Waals surface area contributed by atoms with Crippen LogP contribution >= 0.6 is 0 Å². The average Bonchev–Trinajstić information content (AvgIpc) is 3.00. The van der Waals surface area contributed by atoms with Crippen molar-refractivity contribution < 1.29 is 19.4 Å². The fourth-order valence-electron chi connectivity index (χ4n) is 3.72. The van der Waals surface area contributed by atoms with Gasteiger partial charge in [-0.15, -0.1) is 0 Å². The van der Waals surface area contributed by atoms with Gasteiger partial charge in [0.25, 0.3) is 0 Å². The number of hydrogen-bond donors (Lipinski definition) is 2. The summed E-state index contributed by atoms with van der Waals surface area (Å²) in [7, 11) is 0. The molecule has 2 aliphatic rings. The zero-order valence-corrected chi connectivity index (χ0v) is 14.6. The zero-order valence-electron chi connectivity index (χ0n) is 14.6. The van der Waals surface area contributed by atoms with E-state index in [4.69, 9.17) is 4.74 Å². The van der Waals surface area contributed by atoms with Crippen LogP contribution in [0.2, 0.25) is 0 Å². The number of nitrogens with one attached hydrogen (secondary N) is 1. The van der Waals surface area contributed by atoms with Gasteiger partial charge in [-0.3, -0.25) is 9.69 Å². The van der Waals surface area contributed by atoms with Gasteiger partial charge in [0.2, 0.25) is 5.91 Å². The lowest BCUT2D eigenvalue weighted by Crippen LogP contribution is -2.51. The van der Waals surface area contributed by atoms with E-state index in [0.717, 1.165) is 19.3 Å². The quantitative estimate of drug-likeness (QED) is 0.880. The molecule has 2 N–H and O–H groups in total. The molecule has 136 valence electrons. The van der Waals surface area contributed by atoms with Crippen molar-refractivity contribution in [2.45, 2.75) is 57.2 Å². The van der Waals surface area contributed by atoms with Gasteiger partial charge in [0.15, 0.2) is 0 Å². The number of hydrogen-bond acceptors (Lipinski definition) is 4. The van der Waals surface area contributed by atoms with E-state index < -0.39 is 18.2 Å². The van der Waals surface area contributed by atoms with Crippen LogP contribution in [0.25, 0.3) is 0 Å². The minimum atomic E-state index is -0.706. The molecule has 0 spiro atoms. The number of amides is 2. The Balaban J connectivity index is 1.64. The van der Waals surface area contributed by atoms with Gasteiger partial charge in [-0.2, -0.15) is 0 Å². The zero-order chi connectivity index (χ0) is 17.8. The molecule has 1 saturated carbocycles. The Kier molecular flexibility index (Phi) is 5.58. The Morgan fingerprint density at radius 3 is 2.64 bits per heavy atom. The predicted octanol–water partition coefficient (Wildman–Crippen LogP) is 2.32. The molecule has 0 radical (unpaired) electrons. The van der Waals surface area contributed by atoms with Gasteiger partial charge < -0.3 is 15.2 Å². The number of nitrogens with zero attached hydrogens (tertiary/aromatic N) is 1. The van der Waals surface area contributed by atoms with Crippen molar-refractivity contribution >= 4 is 12.0 Å². The number of ether oxygens (including phenoxy) is 1. The molecule has 1 aromatic rings. The second kappa shape index (κ2) is 7.87. The van der Waals surface area contributed by atoms with Gasteiger partial charge in [-0.05, 0) is 30.9 Å². The summed E-state index contributed by atoms with van der Waals surface area (Å²) >= 11 is 0. The number of β-amino-alcohol motifs (C(OH)–C–C–N with tert-alkyl or cyclic N) is 1. The van der Waals surface area contributed by atoms with E-state index in [1.54, 1.807) is 24.3 Å². The summed E-state index contributed by atoms with van der Waals surface area (Å²) in [4.78, 5) is 26.5. The molecule has 1 aromatic carbocycles. The highest BCUT2D eigenvalue weighted by molar-refractivity contribution is 5.87. The summed E-state index contributed by atoms with van der Waals surface area (Å²) in [5.74, 6) is 0.669. The van der Waals surface area contributed by atoms with E-state index in [1.807, 2.05) is 6.07 Å². The first kappa shape index (κ1) is 17.7. The summed E-state index contributed by atoms with van der Waals surface area (Å²) in [6, 6.07) is 8.21. The second-order valence-corrected chi connectivity index (χ2v) is 7.12. The van der Waals surface area contributed by atoms with Crippen LogP contribution in [0.3, 0.4) is 0 Å². The van der Waals surface area contributed by atoms with Crippen molar-refractivity contribution in [3.63, 3.8) is 0 Å². The van der Waals surface area contributed by atoms with E-state index in [-0.39, 0.29) is 24.9 Å². The molecule has 3 unspecified atom stereocenters. The fourth-order valence-corrected chi connectivity index (χ4v) is 3.72. The molecular formula is C19H26N2O4. The highest BCUT2D eigenvalue weighted by Gasteiger charge is 2.41. The number of carbonyl (C=O) groups is 2. The van der Waals surface area contributed by atoms with Crippen LogP contribution in [-0.2, 0) is 4.79 Å². The van der Waals surface area contributed by atoms with Crippen molar-refractivity contribution in [1.29, 1.82) is 0 Å². The van der Waals surface area contributed by atoms with Crippen molar-refractivity contribution in [3.8, 4) is 5.75 Å². The maximum Gasteiger partial charge on any atom is 0.416 e. The SMILES string of the molecule is CC1CCCCC1NC(=O)[C@@H]1CC(O)CN1C(=O)Oc1ccccc1. The highest BCUT2D eigenvalue weighted by Crippen LogP contribution is 2.25. The number of rotatable bonds is 3. The van der Waals surface area contributed by atoms with Crippen LogP contribution in [0.4, 0.5) is 4.79 Å². The first-order valence-corrected chi connectivity index (χ1v) is 9.06. The summed E-state index contributed by atoms with van der Waals surface area (Å²) < 4.78 is 5.33. The maximum atomic E-state index is 12.7. The van der Waals surface area contributed by atoms with Crippen LogP contribution in [0.15, 0.2) is 30.3 Å². The lowest BCUT2D eigenvalue weighted by molar-refractivity contribution is -0.126. The third-order valence-electron chi connectivity index (χ3n) is 5.20. The van der Waals surface area contributed by atoms with E-state index in [2.05, 4.69) is 12.2 Å². The van der Waals surface area contributed by atoms with Crippen LogP contribution < -0.4 is 10.1 Å². The third kappa shape index (κ3) is 4.31. The predicted molar refractivity (Wildman–Crippen MR) is 93.1 cm³/mol. The molecule has 6 nitrogen and oxygen atoms in total. The highest BCUT2D eigenvalue weighted by atomic mass is 16.6. The van der Waals surface area contributed by atoms with Crippen molar-refractivity contribution in [2.24, 2.45) is 5.92 Å². The molecular weight excluding hydrogens is 320 g/mol. The van der Waals surface area contributed by atoms with Crippen molar-refractivity contribution in [3.05, 3.63) is 30.3 Å². The van der Waals surface area contributed by atoms with Gasteiger partial charge in [-0.1, -0.05) is 38.0 Å². The summed E-state index contributed by atoms with van der Waals surface area (Å²) in [6.07, 6.45) is 3.33. The molecule has 1 aliphatic heterocycles. The Hall–Kier alpha value is -2.08. The molecule has 0 aromatic heterocycles. The van der Waals surface area contributed by atoms with E-state index in [9.17, 15) is 14.7 Å². The van der Waals surface area contributed by atoms with E-state index in [1.165, 1.54) is 11.3 Å². The first-order valence-electron chi connectivity index (χ1n) is 9.06. The lowest BCUT2D eigenvalue weighted by atomic mass is 9.86. The van der Waals surface area contributed by atoms with Crippen LogP contribution in [-0.4, -0.2) is 46.7 Å². The Morgan fingerprint density at radius 2 is 1.92 bits per heavy atom. The molecule has 1 saturated heterocycles. The molecule has 1 aliphatic carbocycles. The molecule has 4 atom stereocenters. The summed E-state index contributed by atoms with van der Waals surface area (Å²) in [5, 5.41) is 13.0. The number of benzene rings is 1. The van der Waals surface area contributed by atoms with Gasteiger partial charge in [-0.25, -0.2) is 4.79 Å². The molecule has 2 fully saturated rings. The minimum Gasteiger partial charge on any atom is -0.410 e. The Bertz CT molecular complexity index is 607. The fraction of sp³-hybridized carbons (Fsp3) is 0.579. The number of aliphatic hydroxyl groups excluding tert-OH is 1. The van der Waals surface area contributed by atoms with Crippen LogP contribution in [0.1, 0.15) is 39.0 Å². The standard InChI is InChI=1S/C19H26N2O4/c1-13-7-5-6-10-16(13)20-18(23)17-11-14(22)12-21(17)19(24)25-15-8-3-2-4-9-15/h2-4,8-9,13-14,16-17,22H,5-7,10-12H2,1H3,(H,20,23)/t13?,14?,16?,17-/m0/s1. The van der Waals surface area contributed by atoms with Crippen molar-refractivity contribution in [1.82, 2.24) is 10.2 Å².